The Labute approximate surface area is 181 Å². The van der Waals surface area contributed by atoms with Gasteiger partial charge < -0.3 is 9.64 Å². The average Bonchev–Trinajstić information content (AvgIpc) is 3.22. The molecule has 1 heterocycles. The summed E-state index contributed by atoms with van der Waals surface area (Å²) < 4.78 is 7.16. The van der Waals surface area contributed by atoms with Crippen molar-refractivity contribution in [3.63, 3.8) is 0 Å². The Hall–Kier alpha value is -2.12. The van der Waals surface area contributed by atoms with Gasteiger partial charge in [0.1, 0.15) is 12.4 Å². The highest BCUT2D eigenvalue weighted by Gasteiger charge is 2.13. The molecule has 1 aliphatic rings. The van der Waals surface area contributed by atoms with Crippen molar-refractivity contribution in [1.82, 2.24) is 5.43 Å². The lowest BCUT2D eigenvalue weighted by Gasteiger charge is -2.17. The molecule has 146 valence electrons. The Balaban J connectivity index is 1.60. The maximum absolute atomic E-state index is 12.3. The van der Waals surface area contributed by atoms with E-state index in [-0.39, 0.29) is 5.91 Å². The summed E-state index contributed by atoms with van der Waals surface area (Å²) in [4.78, 5) is 14.6. The number of hydrazone groups is 1. The van der Waals surface area contributed by atoms with Gasteiger partial charge in [-0.25, -0.2) is 5.43 Å². The standard InChI is InChI=1S/C21H21Br2N3O2/c1-2-11-28-20-18(22)12-15(13-19(20)23)14-24-25-21(27)16-5-7-17(8-6-16)26-9-3-4-10-26/h2,5-8,12-14H,1,3-4,9-11H2,(H,25,27)/b24-14+. The molecular weight excluding hydrogens is 486 g/mol. The topological polar surface area (TPSA) is 53.9 Å². The second-order valence-electron chi connectivity index (χ2n) is 6.35. The number of rotatable bonds is 7. The molecule has 1 saturated heterocycles. The monoisotopic (exact) mass is 505 g/mol. The van der Waals surface area contributed by atoms with Crippen LogP contribution in [0, 0.1) is 0 Å². The number of carbonyl (C=O) groups excluding carboxylic acids is 1. The molecule has 1 amide bonds. The Morgan fingerprint density at radius 1 is 1.18 bits per heavy atom. The maximum atomic E-state index is 12.3. The van der Waals surface area contributed by atoms with Crippen LogP contribution in [0.5, 0.6) is 5.75 Å². The van der Waals surface area contributed by atoms with Crippen molar-refractivity contribution in [3.05, 3.63) is 69.1 Å². The summed E-state index contributed by atoms with van der Waals surface area (Å²) in [6.45, 7) is 6.22. The highest BCUT2D eigenvalue weighted by Crippen LogP contribution is 2.34. The van der Waals surface area contributed by atoms with Crippen LogP contribution in [0.3, 0.4) is 0 Å². The second-order valence-corrected chi connectivity index (χ2v) is 8.06. The molecule has 0 bridgehead atoms. The Kier molecular flexibility index (Phi) is 7.28. The largest absolute Gasteiger partial charge is 0.487 e. The highest BCUT2D eigenvalue weighted by atomic mass is 79.9. The summed E-state index contributed by atoms with van der Waals surface area (Å²) in [5.41, 5.74) is 5.12. The molecule has 28 heavy (non-hydrogen) atoms. The first-order chi connectivity index (χ1) is 13.6. The summed E-state index contributed by atoms with van der Waals surface area (Å²) in [7, 11) is 0. The van der Waals surface area contributed by atoms with E-state index in [1.807, 2.05) is 36.4 Å². The van der Waals surface area contributed by atoms with Crippen molar-refractivity contribution < 1.29 is 9.53 Å². The first-order valence-corrected chi connectivity index (χ1v) is 10.6. The van der Waals surface area contributed by atoms with E-state index in [2.05, 4.69) is 53.9 Å². The van der Waals surface area contributed by atoms with Gasteiger partial charge in [0.15, 0.2) is 0 Å². The van der Waals surface area contributed by atoms with E-state index in [0.717, 1.165) is 33.3 Å². The van der Waals surface area contributed by atoms with Gasteiger partial charge in [-0.15, -0.1) is 0 Å². The zero-order valence-electron chi connectivity index (χ0n) is 15.3. The number of benzene rings is 2. The third-order valence-corrected chi connectivity index (χ3v) is 5.52. The van der Waals surface area contributed by atoms with E-state index >= 15 is 0 Å². The van der Waals surface area contributed by atoms with E-state index in [1.54, 1.807) is 12.3 Å². The molecule has 2 aromatic rings. The van der Waals surface area contributed by atoms with Gasteiger partial charge in [0, 0.05) is 24.3 Å². The van der Waals surface area contributed by atoms with Gasteiger partial charge in [0.25, 0.3) is 5.91 Å². The van der Waals surface area contributed by atoms with E-state index < -0.39 is 0 Å². The first kappa shape index (κ1) is 20.6. The summed E-state index contributed by atoms with van der Waals surface area (Å²) in [5.74, 6) is 0.451. The predicted octanol–water partition coefficient (Wildman–Crippen LogP) is 5.14. The van der Waals surface area contributed by atoms with Crippen LogP contribution in [-0.4, -0.2) is 31.8 Å². The fraction of sp³-hybridized carbons (Fsp3) is 0.238. The third-order valence-electron chi connectivity index (χ3n) is 4.35. The molecule has 1 N–H and O–H groups in total. The third kappa shape index (κ3) is 5.23. The lowest BCUT2D eigenvalue weighted by atomic mass is 10.2. The molecule has 3 rings (SSSR count). The first-order valence-electron chi connectivity index (χ1n) is 8.99. The molecule has 0 saturated carbocycles. The molecule has 0 aromatic heterocycles. The smallest absolute Gasteiger partial charge is 0.271 e. The van der Waals surface area contributed by atoms with Crippen LogP contribution in [0.1, 0.15) is 28.8 Å². The van der Waals surface area contributed by atoms with Gasteiger partial charge >= 0.3 is 0 Å². The zero-order chi connectivity index (χ0) is 19.9. The van der Waals surface area contributed by atoms with Gasteiger partial charge in [-0.3, -0.25) is 4.79 Å². The van der Waals surface area contributed by atoms with Crippen molar-refractivity contribution in [2.75, 3.05) is 24.6 Å². The normalized spacial score (nSPS) is 13.7. The fourth-order valence-electron chi connectivity index (χ4n) is 2.96. The molecule has 5 nitrogen and oxygen atoms in total. The minimum Gasteiger partial charge on any atom is -0.487 e. The lowest BCUT2D eigenvalue weighted by Crippen LogP contribution is -2.19. The van der Waals surface area contributed by atoms with E-state index in [9.17, 15) is 4.79 Å². The number of halogens is 2. The number of amides is 1. The van der Waals surface area contributed by atoms with Crippen LogP contribution in [-0.2, 0) is 0 Å². The molecule has 0 atom stereocenters. The number of hydrogen-bond acceptors (Lipinski definition) is 4. The number of carbonyl (C=O) groups is 1. The van der Waals surface area contributed by atoms with Gasteiger partial charge in [0.05, 0.1) is 15.2 Å². The molecule has 0 aliphatic carbocycles. The van der Waals surface area contributed by atoms with Crippen molar-refractivity contribution in [3.8, 4) is 5.75 Å². The molecule has 2 aromatic carbocycles. The number of anilines is 1. The number of ether oxygens (including phenoxy) is 1. The maximum Gasteiger partial charge on any atom is 0.271 e. The molecule has 0 radical (unpaired) electrons. The van der Waals surface area contributed by atoms with Crippen LogP contribution >= 0.6 is 31.9 Å². The SMILES string of the molecule is C=CCOc1c(Br)cc(/C=N/NC(=O)c2ccc(N3CCCC3)cc2)cc1Br. The quantitative estimate of drug-likeness (QED) is 0.321. The van der Waals surface area contributed by atoms with Gasteiger partial charge in [-0.05, 0) is 86.7 Å². The minimum atomic E-state index is -0.242. The van der Waals surface area contributed by atoms with Gasteiger partial charge in [-0.1, -0.05) is 12.7 Å². The van der Waals surface area contributed by atoms with Crippen molar-refractivity contribution in [2.24, 2.45) is 5.10 Å². The molecule has 1 aliphatic heterocycles. The van der Waals surface area contributed by atoms with Crippen LogP contribution in [0.15, 0.2) is 63.1 Å². The number of nitrogens with zero attached hydrogens (tertiary/aromatic N) is 2. The molecular formula is C21H21Br2N3O2. The zero-order valence-corrected chi connectivity index (χ0v) is 18.5. The molecule has 0 spiro atoms. The Bertz CT molecular complexity index is 853. The van der Waals surface area contributed by atoms with Crippen LogP contribution in [0.4, 0.5) is 5.69 Å². The summed E-state index contributed by atoms with van der Waals surface area (Å²) >= 11 is 6.96. The molecule has 7 heteroatoms. The van der Waals surface area contributed by atoms with E-state index in [0.29, 0.717) is 17.9 Å². The number of nitrogens with one attached hydrogen (secondary N) is 1. The predicted molar refractivity (Wildman–Crippen MR) is 120 cm³/mol. The number of hydrogen-bond donors (Lipinski definition) is 1. The highest BCUT2D eigenvalue weighted by molar-refractivity contribution is 9.11. The van der Waals surface area contributed by atoms with Crippen molar-refractivity contribution >= 4 is 49.7 Å². The average molecular weight is 507 g/mol. The van der Waals surface area contributed by atoms with E-state index in [1.165, 1.54) is 12.8 Å². The minimum absolute atomic E-state index is 0.242. The van der Waals surface area contributed by atoms with Crippen LogP contribution in [0.25, 0.3) is 0 Å². The Morgan fingerprint density at radius 3 is 2.43 bits per heavy atom. The summed E-state index contributed by atoms with van der Waals surface area (Å²) in [5, 5.41) is 4.06. The fourth-order valence-corrected chi connectivity index (χ4v) is 4.41. The summed E-state index contributed by atoms with van der Waals surface area (Å²) in [6.07, 6.45) is 5.72. The molecule has 1 fully saturated rings. The van der Waals surface area contributed by atoms with Crippen molar-refractivity contribution in [2.45, 2.75) is 12.8 Å². The Morgan fingerprint density at radius 2 is 1.82 bits per heavy atom. The van der Waals surface area contributed by atoms with Crippen LogP contribution in [0.2, 0.25) is 0 Å². The summed E-state index contributed by atoms with van der Waals surface area (Å²) in [6, 6.07) is 11.4. The lowest BCUT2D eigenvalue weighted by molar-refractivity contribution is 0.0955. The van der Waals surface area contributed by atoms with Crippen LogP contribution < -0.4 is 15.1 Å². The molecule has 0 unspecified atom stereocenters. The second kappa shape index (κ2) is 9.89. The van der Waals surface area contributed by atoms with Gasteiger partial charge in [-0.2, -0.15) is 5.10 Å². The van der Waals surface area contributed by atoms with E-state index in [4.69, 9.17) is 4.74 Å². The van der Waals surface area contributed by atoms with Crippen molar-refractivity contribution in [1.29, 1.82) is 0 Å². The van der Waals surface area contributed by atoms with Gasteiger partial charge in [0.2, 0.25) is 0 Å².